The molecule has 0 atom stereocenters. The fourth-order valence-corrected chi connectivity index (χ4v) is 4.66. The molecule has 1 aromatic rings. The van der Waals surface area contributed by atoms with Crippen LogP contribution in [0.5, 0.6) is 0 Å². The molecule has 2 aliphatic heterocycles. The molecule has 0 radical (unpaired) electrons. The number of amides is 1. The van der Waals surface area contributed by atoms with Crippen molar-refractivity contribution in [1.29, 1.82) is 0 Å². The topological polar surface area (TPSA) is 70.8 Å². The molecule has 1 saturated heterocycles. The van der Waals surface area contributed by atoms with Crippen LogP contribution in [0, 0.1) is 0 Å². The molecular formula is C18H28N4O3. The molecule has 7 heteroatoms. The molecular weight excluding hydrogens is 320 g/mol. The lowest BCUT2D eigenvalue weighted by molar-refractivity contribution is -0.153. The van der Waals surface area contributed by atoms with Gasteiger partial charge in [0.1, 0.15) is 5.54 Å². The maximum absolute atomic E-state index is 13.6. The highest BCUT2D eigenvalue weighted by atomic mass is 16.5. The summed E-state index contributed by atoms with van der Waals surface area (Å²) in [5, 5.41) is 13.7. The Balaban J connectivity index is 1.56. The standard InChI is InChI=1S/C18H28N4O3/c23-14-15-12-16-13-20(6-7-22(16)19-15)17(24)18(4-2-1-3-5-18)21-8-10-25-11-9-21/h12,23H,1-11,13-14H2. The summed E-state index contributed by atoms with van der Waals surface area (Å²) in [5.41, 5.74) is 1.37. The van der Waals surface area contributed by atoms with Crippen LogP contribution >= 0.6 is 0 Å². The van der Waals surface area contributed by atoms with Gasteiger partial charge in [0.05, 0.1) is 44.3 Å². The fourth-order valence-electron chi connectivity index (χ4n) is 4.66. The van der Waals surface area contributed by atoms with Crippen molar-refractivity contribution in [1.82, 2.24) is 19.6 Å². The van der Waals surface area contributed by atoms with Gasteiger partial charge in [-0.05, 0) is 18.9 Å². The molecule has 138 valence electrons. The van der Waals surface area contributed by atoms with E-state index in [4.69, 9.17) is 4.74 Å². The molecule has 1 saturated carbocycles. The maximum atomic E-state index is 13.6. The molecule has 7 nitrogen and oxygen atoms in total. The van der Waals surface area contributed by atoms with Gasteiger partial charge >= 0.3 is 0 Å². The Morgan fingerprint density at radius 3 is 2.64 bits per heavy atom. The average Bonchev–Trinajstić information content (AvgIpc) is 3.11. The Kier molecular flexibility index (Phi) is 4.80. The summed E-state index contributed by atoms with van der Waals surface area (Å²) in [6.45, 7) is 5.11. The quantitative estimate of drug-likeness (QED) is 0.873. The van der Waals surface area contributed by atoms with E-state index in [2.05, 4.69) is 10.00 Å². The lowest BCUT2D eigenvalue weighted by Gasteiger charge is -2.49. The zero-order valence-electron chi connectivity index (χ0n) is 14.8. The zero-order chi connectivity index (χ0) is 17.3. The van der Waals surface area contributed by atoms with E-state index < -0.39 is 0 Å². The van der Waals surface area contributed by atoms with E-state index in [1.165, 1.54) is 6.42 Å². The molecule has 3 aliphatic rings. The molecule has 0 unspecified atom stereocenters. The van der Waals surface area contributed by atoms with Crippen molar-refractivity contribution in [3.63, 3.8) is 0 Å². The van der Waals surface area contributed by atoms with E-state index in [9.17, 15) is 9.90 Å². The van der Waals surface area contributed by atoms with Crippen LogP contribution in [0.15, 0.2) is 6.07 Å². The monoisotopic (exact) mass is 348 g/mol. The molecule has 2 fully saturated rings. The molecule has 25 heavy (non-hydrogen) atoms. The number of carbonyl (C=O) groups excluding carboxylic acids is 1. The maximum Gasteiger partial charge on any atom is 0.243 e. The van der Waals surface area contributed by atoms with E-state index >= 15 is 0 Å². The molecule has 0 aromatic carbocycles. The normalized spacial score (nSPS) is 24.1. The Morgan fingerprint density at radius 1 is 1.16 bits per heavy atom. The number of aliphatic hydroxyl groups is 1. The van der Waals surface area contributed by atoms with Crippen LogP contribution < -0.4 is 0 Å². The van der Waals surface area contributed by atoms with E-state index in [1.807, 2.05) is 15.6 Å². The average molecular weight is 348 g/mol. The second-order valence-corrected chi connectivity index (χ2v) is 7.43. The first kappa shape index (κ1) is 17.0. The molecule has 1 aliphatic carbocycles. The Labute approximate surface area is 148 Å². The molecule has 1 amide bonds. The first-order chi connectivity index (χ1) is 12.2. The number of aromatic nitrogens is 2. The second-order valence-electron chi connectivity index (χ2n) is 7.43. The number of fused-ring (bicyclic) bond motifs is 1. The van der Waals surface area contributed by atoms with Crippen molar-refractivity contribution in [3.8, 4) is 0 Å². The van der Waals surface area contributed by atoms with E-state index in [0.29, 0.717) is 25.3 Å². The van der Waals surface area contributed by atoms with Crippen LogP contribution in [0.4, 0.5) is 0 Å². The highest BCUT2D eigenvalue weighted by Gasteiger charge is 2.47. The van der Waals surface area contributed by atoms with Crippen molar-refractivity contribution in [2.75, 3.05) is 32.8 Å². The zero-order valence-corrected chi connectivity index (χ0v) is 14.8. The third kappa shape index (κ3) is 3.09. The number of carbonyl (C=O) groups is 1. The van der Waals surface area contributed by atoms with Crippen LogP contribution in [0.25, 0.3) is 0 Å². The van der Waals surface area contributed by atoms with Gasteiger partial charge in [-0.15, -0.1) is 0 Å². The lowest BCUT2D eigenvalue weighted by Crippen LogP contribution is -2.63. The fraction of sp³-hybridized carbons (Fsp3) is 0.778. The summed E-state index contributed by atoms with van der Waals surface area (Å²) in [7, 11) is 0. The SMILES string of the molecule is O=C(N1CCn2nc(CO)cc2C1)C1(N2CCOCC2)CCCCC1. The highest BCUT2D eigenvalue weighted by molar-refractivity contribution is 5.86. The first-order valence-electron chi connectivity index (χ1n) is 9.51. The summed E-state index contributed by atoms with van der Waals surface area (Å²) in [6, 6.07) is 1.92. The predicted octanol–water partition coefficient (Wildman–Crippen LogP) is 0.753. The summed E-state index contributed by atoms with van der Waals surface area (Å²) >= 11 is 0. The summed E-state index contributed by atoms with van der Waals surface area (Å²) in [6.07, 6.45) is 5.41. The highest BCUT2D eigenvalue weighted by Crippen LogP contribution is 2.36. The third-order valence-electron chi connectivity index (χ3n) is 5.99. The van der Waals surface area contributed by atoms with Gasteiger partial charge in [-0.25, -0.2) is 0 Å². The molecule has 0 bridgehead atoms. The van der Waals surface area contributed by atoms with Crippen molar-refractivity contribution < 1.29 is 14.6 Å². The van der Waals surface area contributed by atoms with E-state index in [-0.39, 0.29) is 18.1 Å². The summed E-state index contributed by atoms with van der Waals surface area (Å²) < 4.78 is 7.45. The largest absolute Gasteiger partial charge is 0.390 e. The van der Waals surface area contributed by atoms with E-state index in [0.717, 1.165) is 57.7 Å². The minimum atomic E-state index is -0.343. The van der Waals surface area contributed by atoms with Crippen molar-refractivity contribution in [3.05, 3.63) is 17.5 Å². The number of rotatable bonds is 3. The summed E-state index contributed by atoms with van der Waals surface area (Å²) in [5.74, 6) is 0.284. The van der Waals surface area contributed by atoms with Crippen molar-refractivity contribution in [2.45, 2.75) is 57.3 Å². The summed E-state index contributed by atoms with van der Waals surface area (Å²) in [4.78, 5) is 18.0. The van der Waals surface area contributed by atoms with Crippen LogP contribution in [0.3, 0.4) is 0 Å². The van der Waals surface area contributed by atoms with Crippen molar-refractivity contribution in [2.24, 2.45) is 0 Å². The van der Waals surface area contributed by atoms with Crippen LogP contribution in [0.2, 0.25) is 0 Å². The number of hydrogen-bond donors (Lipinski definition) is 1. The smallest absolute Gasteiger partial charge is 0.243 e. The molecule has 1 N–H and O–H groups in total. The lowest BCUT2D eigenvalue weighted by atomic mass is 9.78. The molecule has 0 spiro atoms. The molecule has 4 rings (SSSR count). The van der Waals surface area contributed by atoms with Gasteiger partial charge in [-0.1, -0.05) is 19.3 Å². The van der Waals surface area contributed by atoms with Gasteiger partial charge in [0, 0.05) is 19.6 Å². The molecule has 3 heterocycles. The number of nitrogens with zero attached hydrogens (tertiary/aromatic N) is 4. The minimum absolute atomic E-state index is 0.0499. The van der Waals surface area contributed by atoms with Gasteiger partial charge in [0.25, 0.3) is 0 Å². The number of aliphatic hydroxyl groups excluding tert-OH is 1. The first-order valence-corrected chi connectivity index (χ1v) is 9.51. The van der Waals surface area contributed by atoms with Gasteiger partial charge < -0.3 is 14.7 Å². The minimum Gasteiger partial charge on any atom is -0.390 e. The van der Waals surface area contributed by atoms with Crippen LogP contribution in [0.1, 0.15) is 43.5 Å². The Hall–Kier alpha value is -1.44. The molecule has 1 aromatic heterocycles. The van der Waals surface area contributed by atoms with Crippen LogP contribution in [-0.4, -0.2) is 69.0 Å². The van der Waals surface area contributed by atoms with Gasteiger partial charge in [0.15, 0.2) is 0 Å². The van der Waals surface area contributed by atoms with Crippen molar-refractivity contribution >= 4 is 5.91 Å². The number of ether oxygens (including phenoxy) is 1. The number of hydrogen-bond acceptors (Lipinski definition) is 5. The van der Waals surface area contributed by atoms with Crippen LogP contribution in [-0.2, 0) is 29.2 Å². The predicted molar refractivity (Wildman–Crippen MR) is 91.8 cm³/mol. The third-order valence-corrected chi connectivity index (χ3v) is 5.99. The van der Waals surface area contributed by atoms with Gasteiger partial charge in [0.2, 0.25) is 5.91 Å². The Bertz CT molecular complexity index is 618. The Morgan fingerprint density at radius 2 is 1.92 bits per heavy atom. The van der Waals surface area contributed by atoms with Gasteiger partial charge in [-0.3, -0.25) is 14.4 Å². The van der Waals surface area contributed by atoms with E-state index in [1.54, 1.807) is 0 Å². The second kappa shape index (κ2) is 7.05. The van der Waals surface area contributed by atoms with Gasteiger partial charge in [-0.2, -0.15) is 5.10 Å². The number of morpholine rings is 1.